The van der Waals surface area contributed by atoms with Gasteiger partial charge in [-0.1, -0.05) is 11.6 Å². The Morgan fingerprint density at radius 1 is 1.44 bits per heavy atom. The predicted octanol–water partition coefficient (Wildman–Crippen LogP) is 2.28. The minimum Gasteiger partial charge on any atom is -0.352 e. The Bertz CT molecular complexity index is 371. The van der Waals surface area contributed by atoms with Gasteiger partial charge in [0.05, 0.1) is 5.02 Å². The molecule has 0 aromatic heterocycles. The molecule has 2 N–H and O–H groups in total. The zero-order chi connectivity index (χ0) is 12.0. The van der Waals surface area contributed by atoms with Gasteiger partial charge in [-0.3, -0.25) is 4.79 Å². The molecule has 0 bridgehead atoms. The Kier molecular flexibility index (Phi) is 6.08. The lowest BCUT2D eigenvalue weighted by atomic mass is 10.2. The monoisotopic (exact) mass is 352 g/mol. The van der Waals surface area contributed by atoms with Gasteiger partial charge in [-0.05, 0) is 60.8 Å². The molecule has 0 saturated heterocycles. The topological polar surface area (TPSA) is 41.1 Å². The molecular weight excluding hydrogens is 338 g/mol. The number of hydrogen-bond acceptors (Lipinski definition) is 2. The van der Waals surface area contributed by atoms with Crippen LogP contribution in [0.15, 0.2) is 18.2 Å². The maximum atomic E-state index is 11.7. The Morgan fingerprint density at radius 2 is 2.19 bits per heavy atom. The fraction of sp³-hybridized carbons (Fsp3) is 0.364. The van der Waals surface area contributed by atoms with Crippen molar-refractivity contribution in [2.75, 3.05) is 20.1 Å². The lowest BCUT2D eigenvalue weighted by Crippen LogP contribution is -2.26. The molecule has 0 aliphatic rings. The van der Waals surface area contributed by atoms with E-state index in [2.05, 4.69) is 33.2 Å². The molecule has 16 heavy (non-hydrogen) atoms. The van der Waals surface area contributed by atoms with Crippen molar-refractivity contribution >= 4 is 40.1 Å². The summed E-state index contributed by atoms with van der Waals surface area (Å²) in [7, 11) is 1.89. The minimum absolute atomic E-state index is 0.0503. The fourth-order valence-corrected chi connectivity index (χ4v) is 1.84. The van der Waals surface area contributed by atoms with Crippen molar-refractivity contribution in [3.05, 3.63) is 32.4 Å². The van der Waals surface area contributed by atoms with Gasteiger partial charge in [0.15, 0.2) is 0 Å². The number of halogens is 2. The molecule has 0 heterocycles. The third-order valence-corrected chi connectivity index (χ3v) is 3.61. The maximum absolute atomic E-state index is 11.7. The summed E-state index contributed by atoms with van der Waals surface area (Å²) in [6.07, 6.45) is 0.924. The highest BCUT2D eigenvalue weighted by molar-refractivity contribution is 14.1. The van der Waals surface area contributed by atoms with Crippen molar-refractivity contribution in [1.82, 2.24) is 10.6 Å². The number of carbonyl (C=O) groups excluding carboxylic acids is 1. The van der Waals surface area contributed by atoms with Crippen molar-refractivity contribution in [3.8, 4) is 0 Å². The van der Waals surface area contributed by atoms with Crippen molar-refractivity contribution in [2.45, 2.75) is 6.42 Å². The van der Waals surface area contributed by atoms with E-state index < -0.39 is 0 Å². The molecule has 0 aliphatic heterocycles. The minimum atomic E-state index is -0.0503. The van der Waals surface area contributed by atoms with E-state index in [1.165, 1.54) is 0 Å². The summed E-state index contributed by atoms with van der Waals surface area (Å²) in [6, 6.07) is 5.26. The third-order valence-electron chi connectivity index (χ3n) is 2.07. The second-order valence-corrected chi connectivity index (χ2v) is 4.91. The molecule has 0 aliphatic carbocycles. The molecule has 1 aromatic rings. The summed E-state index contributed by atoms with van der Waals surface area (Å²) in [5.41, 5.74) is 0.651. The summed E-state index contributed by atoms with van der Waals surface area (Å²) < 4.78 is 0.891. The second-order valence-electron chi connectivity index (χ2n) is 3.34. The van der Waals surface area contributed by atoms with Crippen LogP contribution in [0.1, 0.15) is 16.8 Å². The molecule has 1 aromatic carbocycles. The average Bonchev–Trinajstić information content (AvgIpc) is 2.28. The van der Waals surface area contributed by atoms with Crippen LogP contribution in [-0.4, -0.2) is 26.0 Å². The summed E-state index contributed by atoms with van der Waals surface area (Å²) in [6.45, 7) is 1.58. The van der Waals surface area contributed by atoms with Crippen LogP contribution in [0.2, 0.25) is 5.02 Å². The van der Waals surface area contributed by atoms with Crippen LogP contribution < -0.4 is 10.6 Å². The number of nitrogens with one attached hydrogen (secondary N) is 2. The molecule has 5 heteroatoms. The molecule has 0 spiro atoms. The molecule has 1 rings (SSSR count). The zero-order valence-electron chi connectivity index (χ0n) is 9.02. The Labute approximate surface area is 114 Å². The normalized spacial score (nSPS) is 10.2. The predicted molar refractivity (Wildman–Crippen MR) is 75.0 cm³/mol. The van der Waals surface area contributed by atoms with Gasteiger partial charge in [-0.25, -0.2) is 0 Å². The van der Waals surface area contributed by atoms with Crippen molar-refractivity contribution in [1.29, 1.82) is 0 Å². The van der Waals surface area contributed by atoms with Gasteiger partial charge in [-0.15, -0.1) is 0 Å². The van der Waals surface area contributed by atoms with Gasteiger partial charge in [-0.2, -0.15) is 0 Å². The first-order valence-corrected chi connectivity index (χ1v) is 6.48. The summed E-state index contributed by atoms with van der Waals surface area (Å²) in [5, 5.41) is 6.56. The van der Waals surface area contributed by atoms with E-state index in [0.29, 0.717) is 17.1 Å². The smallest absolute Gasteiger partial charge is 0.251 e. The van der Waals surface area contributed by atoms with Crippen molar-refractivity contribution < 1.29 is 4.79 Å². The summed E-state index contributed by atoms with van der Waals surface area (Å²) in [4.78, 5) is 11.7. The molecule has 1 amide bonds. The van der Waals surface area contributed by atoms with Gasteiger partial charge in [0.2, 0.25) is 0 Å². The molecule has 0 radical (unpaired) electrons. The van der Waals surface area contributed by atoms with E-state index >= 15 is 0 Å². The lowest BCUT2D eigenvalue weighted by Gasteiger charge is -2.05. The second kappa shape index (κ2) is 7.09. The highest BCUT2D eigenvalue weighted by Crippen LogP contribution is 2.19. The Morgan fingerprint density at radius 3 is 2.81 bits per heavy atom. The Balaban J connectivity index is 2.50. The fourth-order valence-electron chi connectivity index (χ4n) is 1.21. The average molecular weight is 353 g/mol. The molecule has 3 nitrogen and oxygen atoms in total. The third kappa shape index (κ3) is 4.27. The van der Waals surface area contributed by atoms with E-state index in [9.17, 15) is 4.79 Å². The zero-order valence-corrected chi connectivity index (χ0v) is 11.9. The van der Waals surface area contributed by atoms with Crippen molar-refractivity contribution in [2.24, 2.45) is 0 Å². The lowest BCUT2D eigenvalue weighted by molar-refractivity contribution is 0.0953. The van der Waals surface area contributed by atoms with Gasteiger partial charge in [0.25, 0.3) is 5.91 Å². The van der Waals surface area contributed by atoms with Crippen molar-refractivity contribution in [3.63, 3.8) is 0 Å². The Hall–Kier alpha value is -0.330. The van der Waals surface area contributed by atoms with Crippen LogP contribution in [0, 0.1) is 3.57 Å². The van der Waals surface area contributed by atoms with Crippen LogP contribution in [0.25, 0.3) is 0 Å². The number of hydrogen-bond donors (Lipinski definition) is 2. The SMILES string of the molecule is CNCCCNC(=O)c1ccc(Cl)c(I)c1. The maximum Gasteiger partial charge on any atom is 0.251 e. The van der Waals surface area contributed by atoms with E-state index in [1.807, 2.05) is 7.05 Å². The van der Waals surface area contributed by atoms with Crippen LogP contribution in [0.5, 0.6) is 0 Å². The highest BCUT2D eigenvalue weighted by Gasteiger charge is 2.06. The number of rotatable bonds is 5. The van der Waals surface area contributed by atoms with E-state index in [1.54, 1.807) is 18.2 Å². The molecule has 88 valence electrons. The highest BCUT2D eigenvalue weighted by atomic mass is 127. The standard InChI is InChI=1S/C11H14ClIN2O/c1-14-5-2-6-15-11(16)8-3-4-9(12)10(13)7-8/h3-4,7,14H,2,5-6H2,1H3,(H,15,16). The van der Waals surface area contributed by atoms with E-state index in [4.69, 9.17) is 11.6 Å². The first-order valence-electron chi connectivity index (χ1n) is 5.03. The van der Waals surface area contributed by atoms with Crippen LogP contribution >= 0.6 is 34.2 Å². The first-order chi connectivity index (χ1) is 7.65. The van der Waals surface area contributed by atoms with Crippen LogP contribution in [0.4, 0.5) is 0 Å². The van der Waals surface area contributed by atoms with Crippen LogP contribution in [0.3, 0.4) is 0 Å². The van der Waals surface area contributed by atoms with E-state index in [0.717, 1.165) is 16.5 Å². The molecular formula is C11H14ClIN2O. The largest absolute Gasteiger partial charge is 0.352 e. The molecule has 0 fully saturated rings. The molecule has 0 saturated carbocycles. The quantitative estimate of drug-likeness (QED) is 0.630. The summed E-state index contributed by atoms with van der Waals surface area (Å²) >= 11 is 8.00. The van der Waals surface area contributed by atoms with Gasteiger partial charge >= 0.3 is 0 Å². The summed E-state index contributed by atoms with van der Waals surface area (Å²) in [5.74, 6) is -0.0503. The van der Waals surface area contributed by atoms with Crippen LogP contribution in [-0.2, 0) is 0 Å². The first kappa shape index (κ1) is 13.7. The van der Waals surface area contributed by atoms with E-state index in [-0.39, 0.29) is 5.91 Å². The number of amides is 1. The number of benzene rings is 1. The van der Waals surface area contributed by atoms with Gasteiger partial charge in [0, 0.05) is 15.7 Å². The number of carbonyl (C=O) groups is 1. The molecule has 0 unspecified atom stereocenters. The molecule has 0 atom stereocenters. The van der Waals surface area contributed by atoms with Gasteiger partial charge in [0.1, 0.15) is 0 Å². The van der Waals surface area contributed by atoms with Gasteiger partial charge < -0.3 is 10.6 Å².